The van der Waals surface area contributed by atoms with E-state index < -0.39 is 0 Å². The van der Waals surface area contributed by atoms with Crippen molar-refractivity contribution in [3.8, 4) is 0 Å². The van der Waals surface area contributed by atoms with Crippen molar-refractivity contribution in [2.24, 2.45) is 5.92 Å². The average Bonchev–Trinajstić information content (AvgIpc) is 3.53. The maximum atomic E-state index is 5.37. The Hall–Kier alpha value is -4.28. The van der Waals surface area contributed by atoms with Crippen molar-refractivity contribution in [2.75, 3.05) is 0 Å². The molecular formula is C43H37N3S. The number of aromatic nitrogens is 3. The molecule has 3 nitrogen and oxygen atoms in total. The van der Waals surface area contributed by atoms with Gasteiger partial charge in [0, 0.05) is 22.6 Å². The van der Waals surface area contributed by atoms with Gasteiger partial charge < -0.3 is 0 Å². The van der Waals surface area contributed by atoms with Gasteiger partial charge in [0.05, 0.1) is 0 Å². The van der Waals surface area contributed by atoms with Crippen LogP contribution in [0.15, 0.2) is 129 Å². The van der Waals surface area contributed by atoms with Gasteiger partial charge in [-0.2, -0.15) is 0 Å². The minimum atomic E-state index is 0.0841. The van der Waals surface area contributed by atoms with E-state index in [4.69, 9.17) is 15.0 Å². The van der Waals surface area contributed by atoms with Crippen molar-refractivity contribution in [3.05, 3.63) is 157 Å². The molecule has 1 aromatic heterocycles. The second kappa shape index (κ2) is 11.2. The Morgan fingerprint density at radius 1 is 0.723 bits per heavy atom. The van der Waals surface area contributed by atoms with Gasteiger partial charge >= 0.3 is 0 Å². The molecule has 0 saturated heterocycles. The van der Waals surface area contributed by atoms with Crippen LogP contribution in [-0.2, 0) is 0 Å². The molecule has 0 radical (unpaired) electrons. The maximum Gasteiger partial charge on any atom is 0.159 e. The summed E-state index contributed by atoms with van der Waals surface area (Å²) in [6.45, 7) is 0. The molecule has 4 heteroatoms. The number of benzene rings is 2. The van der Waals surface area contributed by atoms with E-state index in [0.717, 1.165) is 55.5 Å². The molecule has 0 amide bonds. The molecule has 3 aromatic rings. The normalized spacial score (nSPS) is 26.8. The predicted molar refractivity (Wildman–Crippen MR) is 192 cm³/mol. The molecule has 4 atom stereocenters. The molecule has 10 rings (SSSR count). The van der Waals surface area contributed by atoms with E-state index in [1.54, 1.807) is 22.3 Å². The van der Waals surface area contributed by atoms with E-state index in [0.29, 0.717) is 0 Å². The Bertz CT molecular complexity index is 2210. The summed E-state index contributed by atoms with van der Waals surface area (Å²) in [5, 5.41) is 2.57. The monoisotopic (exact) mass is 627 g/mol. The van der Waals surface area contributed by atoms with Gasteiger partial charge in [-0.05, 0) is 118 Å². The van der Waals surface area contributed by atoms with E-state index in [2.05, 4.69) is 103 Å². The molecule has 2 heterocycles. The second-order valence-corrected chi connectivity index (χ2v) is 15.1. The average molecular weight is 628 g/mol. The van der Waals surface area contributed by atoms with E-state index in [9.17, 15) is 0 Å². The van der Waals surface area contributed by atoms with E-state index in [-0.39, 0.29) is 17.8 Å². The third-order valence-corrected chi connectivity index (χ3v) is 12.6. The van der Waals surface area contributed by atoms with Crippen LogP contribution in [0.1, 0.15) is 92.2 Å². The predicted octanol–water partition coefficient (Wildman–Crippen LogP) is 8.91. The highest BCUT2D eigenvalue weighted by molar-refractivity contribution is 8.03. The molecule has 47 heavy (non-hydrogen) atoms. The molecule has 0 N–H and O–H groups in total. The van der Waals surface area contributed by atoms with Gasteiger partial charge in [-0.3, -0.25) is 0 Å². The quantitative estimate of drug-likeness (QED) is 0.291. The lowest BCUT2D eigenvalue weighted by Gasteiger charge is -2.37. The fourth-order valence-electron chi connectivity index (χ4n) is 9.10. The summed E-state index contributed by atoms with van der Waals surface area (Å²) >= 11 is 1.90. The van der Waals surface area contributed by atoms with Gasteiger partial charge in [-0.1, -0.05) is 109 Å². The lowest BCUT2D eigenvalue weighted by molar-refractivity contribution is 0.530. The first kappa shape index (κ1) is 27.8. The lowest BCUT2D eigenvalue weighted by Crippen LogP contribution is -2.28. The van der Waals surface area contributed by atoms with Crippen LogP contribution in [0.25, 0.3) is 17.7 Å². The summed E-state index contributed by atoms with van der Waals surface area (Å²) in [6.07, 6.45) is 30.0. The zero-order chi connectivity index (χ0) is 30.9. The minimum absolute atomic E-state index is 0.0841. The molecule has 0 fully saturated rings. The summed E-state index contributed by atoms with van der Waals surface area (Å²) in [5.41, 5.74) is 10.8. The van der Waals surface area contributed by atoms with Crippen LogP contribution in [0.5, 0.6) is 0 Å². The van der Waals surface area contributed by atoms with Gasteiger partial charge in [0.25, 0.3) is 0 Å². The third kappa shape index (κ3) is 4.67. The van der Waals surface area contributed by atoms with E-state index >= 15 is 0 Å². The molecule has 230 valence electrons. The molecule has 1 aliphatic heterocycles. The van der Waals surface area contributed by atoms with Gasteiger partial charge in [0.1, 0.15) is 11.6 Å². The summed E-state index contributed by atoms with van der Waals surface area (Å²) < 4.78 is 0. The minimum Gasteiger partial charge on any atom is -0.217 e. The van der Waals surface area contributed by atoms with Crippen LogP contribution in [0.3, 0.4) is 0 Å². The number of allylic oxidation sites excluding steroid dienone is 14. The van der Waals surface area contributed by atoms with Crippen LogP contribution in [-0.4, -0.2) is 15.0 Å². The van der Waals surface area contributed by atoms with Gasteiger partial charge in [0.2, 0.25) is 0 Å². The number of thioether (sulfide) groups is 1. The first-order valence-electron chi connectivity index (χ1n) is 17.5. The topological polar surface area (TPSA) is 38.7 Å². The Morgan fingerprint density at radius 2 is 1.60 bits per heavy atom. The number of hydrogen-bond donors (Lipinski definition) is 0. The van der Waals surface area contributed by atoms with Crippen LogP contribution >= 0.6 is 11.8 Å². The van der Waals surface area contributed by atoms with Crippen molar-refractivity contribution in [2.45, 2.75) is 74.0 Å². The Balaban J connectivity index is 1.08. The second-order valence-electron chi connectivity index (χ2n) is 14.0. The van der Waals surface area contributed by atoms with Gasteiger partial charge in [0.15, 0.2) is 5.82 Å². The highest BCUT2D eigenvalue weighted by Crippen LogP contribution is 2.56. The van der Waals surface area contributed by atoms with Crippen molar-refractivity contribution < 1.29 is 0 Å². The lowest BCUT2D eigenvalue weighted by atomic mass is 9.68. The summed E-state index contributed by atoms with van der Waals surface area (Å²) in [5.74, 6) is 3.90. The van der Waals surface area contributed by atoms with E-state index in [1.807, 2.05) is 11.8 Å². The Labute approximate surface area is 280 Å². The molecule has 7 aliphatic rings. The largest absolute Gasteiger partial charge is 0.217 e. The first-order valence-corrected chi connectivity index (χ1v) is 18.3. The smallest absolute Gasteiger partial charge is 0.159 e. The highest BCUT2D eigenvalue weighted by Gasteiger charge is 2.38. The Morgan fingerprint density at radius 3 is 2.57 bits per heavy atom. The zero-order valence-electron chi connectivity index (χ0n) is 26.5. The van der Waals surface area contributed by atoms with Crippen LogP contribution in [0, 0.1) is 5.92 Å². The van der Waals surface area contributed by atoms with Gasteiger partial charge in [-0.15, -0.1) is 0 Å². The van der Waals surface area contributed by atoms with Crippen molar-refractivity contribution in [1.82, 2.24) is 15.0 Å². The Kier molecular flexibility index (Phi) is 6.60. The molecule has 0 bridgehead atoms. The van der Waals surface area contributed by atoms with Gasteiger partial charge in [-0.25, -0.2) is 15.0 Å². The van der Waals surface area contributed by atoms with Crippen molar-refractivity contribution >= 4 is 29.5 Å². The van der Waals surface area contributed by atoms with Crippen molar-refractivity contribution in [3.63, 3.8) is 0 Å². The zero-order valence-corrected chi connectivity index (χ0v) is 27.3. The number of hydrogen-bond acceptors (Lipinski definition) is 4. The SMILES string of the molecule is C1=CCC2CCC3=C(CCC4=C3CCC(c3nc(C5C=c6ccccc6=CC5)nc(C5C=CC=C6Sc7ccccc7C65)n3)=C4)C2=C1. The fourth-order valence-corrected chi connectivity index (χ4v) is 10.4. The summed E-state index contributed by atoms with van der Waals surface area (Å²) in [4.78, 5) is 18.8. The molecule has 2 aromatic carbocycles. The first-order chi connectivity index (χ1) is 23.3. The van der Waals surface area contributed by atoms with Crippen molar-refractivity contribution in [1.29, 1.82) is 0 Å². The number of fused-ring (bicyclic) bond motifs is 7. The van der Waals surface area contributed by atoms with Crippen LogP contribution in [0.4, 0.5) is 0 Å². The number of nitrogens with zero attached hydrogens (tertiary/aromatic N) is 3. The molecular weight excluding hydrogens is 591 g/mol. The maximum absolute atomic E-state index is 5.37. The molecule has 0 spiro atoms. The highest BCUT2D eigenvalue weighted by atomic mass is 32.2. The number of rotatable bonds is 3. The summed E-state index contributed by atoms with van der Waals surface area (Å²) in [6, 6.07) is 17.5. The third-order valence-electron chi connectivity index (χ3n) is 11.4. The van der Waals surface area contributed by atoms with Crippen LogP contribution < -0.4 is 10.4 Å². The molecule has 6 aliphatic carbocycles. The fraction of sp³-hybridized carbons (Fsp3) is 0.279. The summed E-state index contributed by atoms with van der Waals surface area (Å²) in [7, 11) is 0. The standard InChI is InChI=1S/C43H37N3S/c1-2-10-28-24-30(17-16-26(28)8-1)41-44-42(46-43(45-41)37-13-7-15-39-40(37)36-12-5-6-14-38(36)47-39)31-20-21-33-29(25-31)19-23-34-32-11-4-3-9-27(32)18-22-35(33)34/h1-8,10-16,24-25,27,30,37,40H,9,17-23H2. The molecule has 4 unspecified atom stereocenters. The molecule has 0 saturated carbocycles. The van der Waals surface area contributed by atoms with Crippen LogP contribution in [0.2, 0.25) is 0 Å². The van der Waals surface area contributed by atoms with E-state index in [1.165, 1.54) is 56.2 Å².